The summed E-state index contributed by atoms with van der Waals surface area (Å²) in [4.78, 5) is 16.1. The molecule has 7 heteroatoms. The molecule has 0 saturated carbocycles. The van der Waals surface area contributed by atoms with Gasteiger partial charge in [0.25, 0.3) is 5.22 Å². The van der Waals surface area contributed by atoms with Gasteiger partial charge in [0.15, 0.2) is 5.76 Å². The number of amides is 1. The summed E-state index contributed by atoms with van der Waals surface area (Å²) < 4.78 is 23.6. The van der Waals surface area contributed by atoms with Crippen molar-refractivity contribution in [3.63, 3.8) is 0 Å². The number of rotatable bonds is 7. The van der Waals surface area contributed by atoms with E-state index in [0.29, 0.717) is 17.5 Å². The van der Waals surface area contributed by atoms with Crippen LogP contribution in [0.1, 0.15) is 5.56 Å². The third kappa shape index (κ3) is 4.86. The number of hydrogen-bond donors (Lipinski definition) is 1. The molecule has 0 aliphatic heterocycles. The topological polar surface area (TPSA) is 64.4 Å². The first-order valence-electron chi connectivity index (χ1n) is 7.88. The minimum Gasteiger partial charge on any atom is -0.497 e. The number of aromatic nitrogens is 1. The van der Waals surface area contributed by atoms with Crippen LogP contribution in [0.3, 0.4) is 0 Å². The van der Waals surface area contributed by atoms with Crippen molar-refractivity contribution >= 4 is 17.7 Å². The predicted molar refractivity (Wildman–Crippen MR) is 97.5 cm³/mol. The summed E-state index contributed by atoms with van der Waals surface area (Å²) in [6.45, 7) is 0.440. The van der Waals surface area contributed by atoms with Crippen molar-refractivity contribution in [2.24, 2.45) is 0 Å². The molecule has 0 aliphatic carbocycles. The first-order chi connectivity index (χ1) is 12.6. The van der Waals surface area contributed by atoms with E-state index in [-0.39, 0.29) is 17.5 Å². The molecule has 26 heavy (non-hydrogen) atoms. The fraction of sp³-hybridized carbons (Fsp3) is 0.158. The maximum absolute atomic E-state index is 12.9. The van der Waals surface area contributed by atoms with Crippen LogP contribution >= 0.6 is 11.8 Å². The highest BCUT2D eigenvalue weighted by Gasteiger charge is 2.10. The average molecular weight is 372 g/mol. The summed E-state index contributed by atoms with van der Waals surface area (Å²) in [6.07, 6.45) is 1.56. The minimum atomic E-state index is -0.309. The van der Waals surface area contributed by atoms with Crippen LogP contribution in [0.5, 0.6) is 5.75 Å². The Morgan fingerprint density at radius 3 is 2.62 bits per heavy atom. The molecule has 0 aliphatic rings. The van der Waals surface area contributed by atoms with E-state index in [2.05, 4.69) is 10.3 Å². The Kier molecular flexibility index (Phi) is 5.91. The number of hydrogen-bond acceptors (Lipinski definition) is 5. The lowest BCUT2D eigenvalue weighted by Gasteiger charge is -2.05. The van der Waals surface area contributed by atoms with Crippen molar-refractivity contribution in [3.05, 3.63) is 66.1 Å². The molecular formula is C19H17FN2O3S. The van der Waals surface area contributed by atoms with Crippen LogP contribution in [-0.2, 0) is 11.3 Å². The van der Waals surface area contributed by atoms with E-state index >= 15 is 0 Å². The zero-order valence-electron chi connectivity index (χ0n) is 14.1. The molecule has 0 saturated heterocycles. The largest absolute Gasteiger partial charge is 0.497 e. The zero-order chi connectivity index (χ0) is 18.4. The van der Waals surface area contributed by atoms with Gasteiger partial charge in [0.05, 0.1) is 19.1 Å². The number of nitrogens with one attached hydrogen (secondary N) is 1. The fourth-order valence-corrected chi connectivity index (χ4v) is 2.83. The standard InChI is InChI=1S/C19H17FN2O3S/c1-24-16-8-2-13(3-9-16)10-21-18(23)12-26-19-22-11-17(25-19)14-4-6-15(20)7-5-14/h2-9,11H,10,12H2,1H3,(H,21,23). The van der Waals surface area contributed by atoms with E-state index in [1.807, 2.05) is 24.3 Å². The number of ether oxygens (including phenoxy) is 1. The highest BCUT2D eigenvalue weighted by molar-refractivity contribution is 7.99. The number of carbonyl (C=O) groups is 1. The lowest BCUT2D eigenvalue weighted by Crippen LogP contribution is -2.24. The number of halogens is 1. The van der Waals surface area contributed by atoms with Crippen LogP contribution in [0, 0.1) is 5.82 Å². The molecule has 5 nitrogen and oxygen atoms in total. The smallest absolute Gasteiger partial charge is 0.256 e. The zero-order valence-corrected chi connectivity index (χ0v) is 14.9. The van der Waals surface area contributed by atoms with Crippen molar-refractivity contribution in [2.45, 2.75) is 11.8 Å². The van der Waals surface area contributed by atoms with Gasteiger partial charge in [-0.2, -0.15) is 0 Å². The van der Waals surface area contributed by atoms with Gasteiger partial charge in [0.2, 0.25) is 5.91 Å². The van der Waals surface area contributed by atoms with Crippen molar-refractivity contribution in [1.82, 2.24) is 10.3 Å². The number of thioether (sulfide) groups is 1. The molecule has 0 fully saturated rings. The fourth-order valence-electron chi connectivity index (χ4n) is 2.19. The van der Waals surface area contributed by atoms with Crippen molar-refractivity contribution in [2.75, 3.05) is 12.9 Å². The third-order valence-corrected chi connectivity index (χ3v) is 4.43. The van der Waals surface area contributed by atoms with E-state index in [9.17, 15) is 9.18 Å². The van der Waals surface area contributed by atoms with Crippen LogP contribution in [-0.4, -0.2) is 23.8 Å². The van der Waals surface area contributed by atoms with Crippen LogP contribution in [0.2, 0.25) is 0 Å². The molecular weight excluding hydrogens is 355 g/mol. The van der Waals surface area contributed by atoms with Crippen LogP contribution in [0.25, 0.3) is 11.3 Å². The highest BCUT2D eigenvalue weighted by Crippen LogP contribution is 2.25. The summed E-state index contributed by atoms with van der Waals surface area (Å²) in [5.41, 5.74) is 1.72. The maximum atomic E-state index is 12.9. The van der Waals surface area contributed by atoms with Crippen LogP contribution in [0.15, 0.2) is 64.4 Å². The molecule has 0 atom stereocenters. The van der Waals surface area contributed by atoms with E-state index in [1.165, 1.54) is 23.9 Å². The first kappa shape index (κ1) is 18.0. The van der Waals surface area contributed by atoms with Crippen molar-refractivity contribution in [1.29, 1.82) is 0 Å². The number of oxazole rings is 1. The number of carbonyl (C=O) groups excluding carboxylic acids is 1. The van der Waals surface area contributed by atoms with Crippen molar-refractivity contribution in [3.8, 4) is 17.1 Å². The van der Waals surface area contributed by atoms with E-state index < -0.39 is 0 Å². The van der Waals surface area contributed by atoms with Gasteiger partial charge in [0.1, 0.15) is 11.6 Å². The molecule has 0 bridgehead atoms. The molecule has 1 N–H and O–H groups in total. The van der Waals surface area contributed by atoms with Gasteiger partial charge in [0, 0.05) is 12.1 Å². The van der Waals surface area contributed by atoms with Gasteiger partial charge >= 0.3 is 0 Å². The molecule has 1 heterocycles. The Morgan fingerprint density at radius 1 is 1.19 bits per heavy atom. The molecule has 0 spiro atoms. The molecule has 3 rings (SSSR count). The van der Waals surface area contributed by atoms with E-state index in [0.717, 1.165) is 16.9 Å². The second-order valence-corrected chi connectivity index (χ2v) is 6.34. The lowest BCUT2D eigenvalue weighted by molar-refractivity contribution is -0.118. The van der Waals surface area contributed by atoms with Crippen LogP contribution < -0.4 is 10.1 Å². The molecule has 1 amide bonds. The predicted octanol–water partition coefficient (Wildman–Crippen LogP) is 3.90. The molecule has 0 unspecified atom stereocenters. The van der Waals surface area contributed by atoms with Gasteiger partial charge in [-0.3, -0.25) is 4.79 Å². The molecule has 2 aromatic carbocycles. The van der Waals surface area contributed by atoms with Gasteiger partial charge in [-0.25, -0.2) is 9.37 Å². The number of benzene rings is 2. The number of nitrogens with zero attached hydrogens (tertiary/aromatic N) is 1. The Morgan fingerprint density at radius 2 is 1.92 bits per heavy atom. The molecule has 134 valence electrons. The summed E-state index contributed by atoms with van der Waals surface area (Å²) in [5, 5.41) is 3.23. The highest BCUT2D eigenvalue weighted by atomic mass is 32.2. The van der Waals surface area contributed by atoms with Gasteiger partial charge in [-0.1, -0.05) is 23.9 Å². The average Bonchev–Trinajstić information content (AvgIpc) is 3.14. The summed E-state index contributed by atoms with van der Waals surface area (Å²) >= 11 is 1.20. The number of methoxy groups -OCH3 is 1. The molecule has 0 radical (unpaired) electrons. The second kappa shape index (κ2) is 8.53. The Hall–Kier alpha value is -2.80. The molecule has 1 aromatic heterocycles. The van der Waals surface area contributed by atoms with E-state index in [4.69, 9.17) is 9.15 Å². The minimum absolute atomic E-state index is 0.118. The Bertz CT molecular complexity index is 863. The van der Waals surface area contributed by atoms with Crippen molar-refractivity contribution < 1.29 is 18.3 Å². The summed E-state index contributed by atoms with van der Waals surface area (Å²) in [6, 6.07) is 13.4. The third-order valence-electron chi connectivity index (χ3n) is 3.59. The summed E-state index contributed by atoms with van der Waals surface area (Å²) in [5.74, 6) is 1.07. The normalized spacial score (nSPS) is 10.5. The quantitative estimate of drug-likeness (QED) is 0.637. The van der Waals surface area contributed by atoms with Gasteiger partial charge in [-0.05, 0) is 42.0 Å². The SMILES string of the molecule is COc1ccc(CNC(=O)CSc2ncc(-c3ccc(F)cc3)o2)cc1. The maximum Gasteiger partial charge on any atom is 0.256 e. The van der Waals surface area contributed by atoms with Crippen LogP contribution in [0.4, 0.5) is 4.39 Å². The van der Waals surface area contributed by atoms with E-state index in [1.54, 1.807) is 25.4 Å². The van der Waals surface area contributed by atoms with Gasteiger partial charge < -0.3 is 14.5 Å². The molecule has 3 aromatic rings. The van der Waals surface area contributed by atoms with Gasteiger partial charge in [-0.15, -0.1) is 0 Å². The first-order valence-corrected chi connectivity index (χ1v) is 8.87. The lowest BCUT2D eigenvalue weighted by atomic mass is 10.2. The second-order valence-electron chi connectivity index (χ2n) is 5.41. The Balaban J connectivity index is 1.47. The Labute approximate surface area is 154 Å². The summed E-state index contributed by atoms with van der Waals surface area (Å²) in [7, 11) is 1.61. The monoisotopic (exact) mass is 372 g/mol.